The number of hydrogen-bond acceptors (Lipinski definition) is 7. The first-order chi connectivity index (χ1) is 16.3. The van der Waals surface area contributed by atoms with Gasteiger partial charge in [-0.05, 0) is 59.2 Å². The lowest BCUT2D eigenvalue weighted by Crippen LogP contribution is -2.40. The zero-order valence-corrected chi connectivity index (χ0v) is 21.2. The molecule has 1 unspecified atom stereocenters. The van der Waals surface area contributed by atoms with Crippen molar-refractivity contribution in [3.8, 4) is 11.4 Å². The normalized spacial score (nSPS) is 12.5. The first-order valence-corrected chi connectivity index (χ1v) is 11.3. The summed E-state index contributed by atoms with van der Waals surface area (Å²) in [6.45, 7) is 11.1. The zero-order chi connectivity index (χ0) is 25.8. The van der Waals surface area contributed by atoms with Gasteiger partial charge in [0.05, 0.1) is 0 Å². The average Bonchev–Trinajstić information content (AvgIpc) is 2.78. The Hall–Kier alpha value is -3.88. The molecule has 0 spiro atoms. The first-order valence-electron chi connectivity index (χ1n) is 11.3. The zero-order valence-electron chi connectivity index (χ0n) is 21.2. The first kappa shape index (κ1) is 25.7. The fraction of sp³-hybridized carbons (Fsp3) is 0.385. The Kier molecular flexibility index (Phi) is 7.48. The van der Waals surface area contributed by atoms with E-state index in [9.17, 15) is 9.59 Å². The minimum atomic E-state index is -0.727. The van der Waals surface area contributed by atoms with Crippen LogP contribution >= 0.6 is 0 Å². The molecule has 1 N–H and O–H groups in total. The number of aromatic nitrogens is 4. The lowest BCUT2D eigenvalue weighted by atomic mass is 10.0. The maximum atomic E-state index is 12.9. The van der Waals surface area contributed by atoms with Gasteiger partial charge in [0.25, 0.3) is 5.91 Å². The van der Waals surface area contributed by atoms with Crippen molar-refractivity contribution in [2.24, 2.45) is 0 Å². The Balaban J connectivity index is 1.96. The fourth-order valence-corrected chi connectivity index (χ4v) is 3.26. The van der Waals surface area contributed by atoms with Crippen LogP contribution in [-0.4, -0.2) is 55.5 Å². The molecular formula is C26H32N6O3. The Morgan fingerprint density at radius 2 is 1.43 bits per heavy atom. The molecule has 0 aliphatic rings. The third-order valence-corrected chi connectivity index (χ3v) is 4.82. The second-order valence-electron chi connectivity index (χ2n) is 10.3. The summed E-state index contributed by atoms with van der Waals surface area (Å²) in [5, 5.41) is 20.0. The average molecular weight is 477 g/mol. The summed E-state index contributed by atoms with van der Waals surface area (Å²) in [5.41, 5.74) is 0.922. The Morgan fingerprint density at radius 1 is 0.857 bits per heavy atom. The molecule has 2 amide bonds. The van der Waals surface area contributed by atoms with Crippen molar-refractivity contribution in [2.45, 2.75) is 58.7 Å². The van der Waals surface area contributed by atoms with E-state index in [0.29, 0.717) is 17.0 Å². The van der Waals surface area contributed by atoms with Gasteiger partial charge in [-0.2, -0.15) is 0 Å². The number of nitrogens with zero attached hydrogens (tertiary/aromatic N) is 5. The highest BCUT2D eigenvalue weighted by atomic mass is 16.6. The van der Waals surface area contributed by atoms with E-state index in [4.69, 9.17) is 4.74 Å². The predicted octanol–water partition coefficient (Wildman–Crippen LogP) is 4.42. The molecule has 0 fully saturated rings. The molecule has 1 atom stereocenters. The molecule has 9 nitrogen and oxygen atoms in total. The van der Waals surface area contributed by atoms with Gasteiger partial charge in [-0.25, -0.2) is 4.79 Å². The lowest BCUT2D eigenvalue weighted by Gasteiger charge is -2.30. The number of ether oxygens (including phenoxy) is 1. The van der Waals surface area contributed by atoms with Crippen LogP contribution in [0.2, 0.25) is 0 Å². The highest BCUT2D eigenvalue weighted by Crippen LogP contribution is 2.27. The van der Waals surface area contributed by atoms with E-state index in [-0.39, 0.29) is 17.3 Å². The molecule has 0 aliphatic carbocycles. The quantitative estimate of drug-likeness (QED) is 0.580. The SMILES string of the molecule is CN(C(=O)OC(C)(C)C)C(c1ccc(C(=O)NC(C)(C)C)cc1)c1nnc(-c2ccccc2)nn1. The van der Waals surface area contributed by atoms with Gasteiger partial charge in [0, 0.05) is 23.7 Å². The summed E-state index contributed by atoms with van der Waals surface area (Å²) in [6.07, 6.45) is -0.548. The van der Waals surface area contributed by atoms with Crippen molar-refractivity contribution in [3.63, 3.8) is 0 Å². The molecule has 3 aromatic rings. The van der Waals surface area contributed by atoms with Crippen LogP contribution in [-0.2, 0) is 4.74 Å². The summed E-state index contributed by atoms with van der Waals surface area (Å²) in [5.74, 6) is 0.417. The molecule has 0 saturated heterocycles. The molecule has 0 saturated carbocycles. The van der Waals surface area contributed by atoms with Crippen molar-refractivity contribution < 1.29 is 14.3 Å². The Bertz CT molecular complexity index is 1150. The van der Waals surface area contributed by atoms with Crippen LogP contribution < -0.4 is 5.32 Å². The number of amides is 2. The summed E-state index contributed by atoms with van der Waals surface area (Å²) >= 11 is 0. The van der Waals surface area contributed by atoms with Crippen molar-refractivity contribution in [3.05, 3.63) is 71.5 Å². The summed E-state index contributed by atoms with van der Waals surface area (Å²) in [6, 6.07) is 15.6. The van der Waals surface area contributed by atoms with E-state index in [1.807, 2.05) is 51.1 Å². The number of carbonyl (C=O) groups excluding carboxylic acids is 2. The molecule has 1 aromatic heterocycles. The largest absolute Gasteiger partial charge is 0.444 e. The lowest BCUT2D eigenvalue weighted by molar-refractivity contribution is 0.0241. The van der Waals surface area contributed by atoms with Gasteiger partial charge in [0.1, 0.15) is 11.6 Å². The van der Waals surface area contributed by atoms with Crippen LogP contribution in [0.1, 0.15) is 69.3 Å². The standard InChI is InChI=1S/C26H32N6O3/c1-25(2,3)27-23(33)19-15-13-17(14-16-19)20(32(7)24(34)35-26(4,5)6)22-30-28-21(29-31-22)18-11-9-8-10-12-18/h8-16,20H,1-7H3,(H,27,33). The van der Waals surface area contributed by atoms with E-state index < -0.39 is 17.7 Å². The minimum absolute atomic E-state index is 0.187. The Morgan fingerprint density at radius 3 is 1.94 bits per heavy atom. The molecule has 0 radical (unpaired) electrons. The van der Waals surface area contributed by atoms with E-state index in [2.05, 4.69) is 25.7 Å². The summed E-state index contributed by atoms with van der Waals surface area (Å²) in [7, 11) is 1.60. The van der Waals surface area contributed by atoms with Crippen molar-refractivity contribution >= 4 is 12.0 Å². The van der Waals surface area contributed by atoms with Crippen LogP contribution in [0, 0.1) is 0 Å². The van der Waals surface area contributed by atoms with Crippen molar-refractivity contribution in [1.82, 2.24) is 30.6 Å². The fourth-order valence-electron chi connectivity index (χ4n) is 3.26. The molecule has 1 heterocycles. The summed E-state index contributed by atoms with van der Waals surface area (Å²) < 4.78 is 5.56. The van der Waals surface area contributed by atoms with E-state index in [0.717, 1.165) is 5.56 Å². The maximum absolute atomic E-state index is 12.9. The monoisotopic (exact) mass is 476 g/mol. The van der Waals surface area contributed by atoms with Gasteiger partial charge < -0.3 is 10.1 Å². The van der Waals surface area contributed by atoms with Crippen LogP contribution in [0.5, 0.6) is 0 Å². The van der Waals surface area contributed by atoms with Gasteiger partial charge in [-0.3, -0.25) is 9.69 Å². The molecule has 0 bridgehead atoms. The number of nitrogens with one attached hydrogen (secondary N) is 1. The van der Waals surface area contributed by atoms with Crippen LogP contribution in [0.25, 0.3) is 11.4 Å². The molecule has 2 aromatic carbocycles. The smallest absolute Gasteiger partial charge is 0.410 e. The second-order valence-corrected chi connectivity index (χ2v) is 10.3. The Labute approximate surface area is 205 Å². The molecule has 0 aliphatic heterocycles. The maximum Gasteiger partial charge on any atom is 0.410 e. The molecule has 35 heavy (non-hydrogen) atoms. The van der Waals surface area contributed by atoms with Gasteiger partial charge in [0.15, 0.2) is 0 Å². The topological polar surface area (TPSA) is 110 Å². The van der Waals surface area contributed by atoms with Crippen LogP contribution in [0.3, 0.4) is 0 Å². The minimum Gasteiger partial charge on any atom is -0.444 e. The van der Waals surface area contributed by atoms with Crippen LogP contribution in [0.15, 0.2) is 54.6 Å². The van der Waals surface area contributed by atoms with Gasteiger partial charge in [-0.1, -0.05) is 42.5 Å². The number of carbonyl (C=O) groups is 2. The third kappa shape index (κ3) is 7.05. The van der Waals surface area contributed by atoms with E-state index in [1.54, 1.807) is 52.1 Å². The third-order valence-electron chi connectivity index (χ3n) is 4.82. The molecule has 184 valence electrons. The highest BCUT2D eigenvalue weighted by Gasteiger charge is 2.31. The van der Waals surface area contributed by atoms with Crippen molar-refractivity contribution in [2.75, 3.05) is 7.05 Å². The number of benzene rings is 2. The predicted molar refractivity (Wildman–Crippen MR) is 133 cm³/mol. The molecular weight excluding hydrogens is 444 g/mol. The number of hydrogen-bond donors (Lipinski definition) is 1. The second kappa shape index (κ2) is 10.2. The number of rotatable bonds is 5. The van der Waals surface area contributed by atoms with Crippen LogP contribution in [0.4, 0.5) is 4.79 Å². The van der Waals surface area contributed by atoms with Crippen molar-refractivity contribution in [1.29, 1.82) is 0 Å². The molecule has 9 heteroatoms. The molecule has 3 rings (SSSR count). The highest BCUT2D eigenvalue weighted by molar-refractivity contribution is 5.94. The van der Waals surface area contributed by atoms with Gasteiger partial charge >= 0.3 is 6.09 Å². The van der Waals surface area contributed by atoms with E-state index >= 15 is 0 Å². The van der Waals surface area contributed by atoms with Gasteiger partial charge in [0.2, 0.25) is 11.6 Å². The van der Waals surface area contributed by atoms with E-state index in [1.165, 1.54) is 4.90 Å². The summed E-state index contributed by atoms with van der Waals surface area (Å²) in [4.78, 5) is 26.9. The van der Waals surface area contributed by atoms with Gasteiger partial charge in [-0.15, -0.1) is 20.4 Å².